The zero-order chi connectivity index (χ0) is 19.5. The minimum absolute atomic E-state index is 0.0425. The average molecular weight is 383 g/mol. The van der Waals surface area contributed by atoms with Crippen LogP contribution in [-0.4, -0.2) is 25.3 Å². The molecule has 8 heteroatoms. The van der Waals surface area contributed by atoms with Crippen LogP contribution in [0, 0.1) is 21.6 Å². The molecule has 1 unspecified atom stereocenters. The van der Waals surface area contributed by atoms with Crippen LogP contribution in [0.25, 0.3) is 6.08 Å². The van der Waals surface area contributed by atoms with E-state index >= 15 is 0 Å². The van der Waals surface area contributed by atoms with Gasteiger partial charge in [0, 0.05) is 11.6 Å². The molecule has 0 spiro atoms. The maximum atomic E-state index is 13.2. The van der Waals surface area contributed by atoms with Crippen molar-refractivity contribution >= 4 is 14.1 Å². The average Bonchev–Trinajstić information content (AvgIpc) is 2.61. The van der Waals surface area contributed by atoms with Crippen LogP contribution in [0.4, 0.5) is 13.2 Å². The SMILES string of the molecule is CC[Si](C#Cc1cccc2c1OC(C(F)(F)F)C([N+](=O)[O-])=C2)(CC)CC. The van der Waals surface area contributed by atoms with Crippen LogP contribution in [0.1, 0.15) is 31.9 Å². The van der Waals surface area contributed by atoms with Crippen LogP contribution in [-0.2, 0) is 0 Å². The Morgan fingerprint density at radius 1 is 1.23 bits per heavy atom. The van der Waals surface area contributed by atoms with Crippen LogP contribution >= 0.6 is 0 Å². The van der Waals surface area contributed by atoms with Crippen LogP contribution in [0.5, 0.6) is 5.75 Å². The summed E-state index contributed by atoms with van der Waals surface area (Å²) >= 11 is 0. The maximum Gasteiger partial charge on any atom is 0.436 e. The van der Waals surface area contributed by atoms with Gasteiger partial charge in [0.15, 0.2) is 0 Å². The summed E-state index contributed by atoms with van der Waals surface area (Å²) in [6.45, 7) is 6.24. The lowest BCUT2D eigenvalue weighted by atomic mass is 10.0. The van der Waals surface area contributed by atoms with Crippen molar-refractivity contribution in [2.45, 2.75) is 51.2 Å². The maximum absolute atomic E-state index is 13.2. The fourth-order valence-corrected chi connectivity index (χ4v) is 5.34. The summed E-state index contributed by atoms with van der Waals surface area (Å²) < 4.78 is 44.7. The van der Waals surface area contributed by atoms with E-state index in [1.165, 1.54) is 6.07 Å². The first-order chi connectivity index (χ1) is 12.2. The van der Waals surface area contributed by atoms with Gasteiger partial charge >= 0.3 is 6.18 Å². The number of hydrogen-bond donors (Lipinski definition) is 0. The Bertz CT molecular complexity index is 781. The van der Waals surface area contributed by atoms with Gasteiger partial charge in [-0.3, -0.25) is 10.1 Å². The van der Waals surface area contributed by atoms with E-state index in [4.69, 9.17) is 4.74 Å². The molecule has 0 saturated heterocycles. The van der Waals surface area contributed by atoms with E-state index in [1.54, 1.807) is 12.1 Å². The van der Waals surface area contributed by atoms with E-state index < -0.39 is 31.0 Å². The normalized spacial score (nSPS) is 16.7. The lowest BCUT2D eigenvalue weighted by molar-refractivity contribution is -0.443. The highest BCUT2D eigenvalue weighted by atomic mass is 28.3. The smallest absolute Gasteiger partial charge is 0.436 e. The Morgan fingerprint density at radius 2 is 1.85 bits per heavy atom. The van der Waals surface area contributed by atoms with E-state index in [2.05, 4.69) is 32.2 Å². The molecule has 2 rings (SSSR count). The van der Waals surface area contributed by atoms with Gasteiger partial charge in [-0.2, -0.15) is 13.2 Å². The summed E-state index contributed by atoms with van der Waals surface area (Å²) in [6, 6.07) is 7.56. The summed E-state index contributed by atoms with van der Waals surface area (Å²) in [5, 5.41) is 11.0. The molecule has 0 N–H and O–H groups in total. The lowest BCUT2D eigenvalue weighted by Gasteiger charge is -2.25. The Kier molecular flexibility index (Phi) is 5.81. The second-order valence-electron chi connectivity index (χ2n) is 6.18. The number of benzene rings is 1. The van der Waals surface area contributed by atoms with Crippen molar-refractivity contribution in [1.82, 2.24) is 0 Å². The van der Waals surface area contributed by atoms with Crippen molar-refractivity contribution < 1.29 is 22.8 Å². The van der Waals surface area contributed by atoms with Crippen molar-refractivity contribution in [1.29, 1.82) is 0 Å². The van der Waals surface area contributed by atoms with Crippen LogP contribution in [0.3, 0.4) is 0 Å². The Morgan fingerprint density at radius 3 is 2.35 bits per heavy atom. The van der Waals surface area contributed by atoms with E-state index in [1.807, 2.05) is 0 Å². The number of ether oxygens (including phenoxy) is 1. The number of alkyl halides is 3. The zero-order valence-corrected chi connectivity index (χ0v) is 15.8. The fraction of sp³-hybridized carbons (Fsp3) is 0.444. The predicted molar refractivity (Wildman–Crippen MR) is 96.0 cm³/mol. The van der Waals surface area contributed by atoms with E-state index in [9.17, 15) is 23.3 Å². The van der Waals surface area contributed by atoms with Crippen LogP contribution in [0.15, 0.2) is 23.9 Å². The van der Waals surface area contributed by atoms with Gasteiger partial charge in [-0.15, -0.1) is 5.54 Å². The topological polar surface area (TPSA) is 52.4 Å². The number of para-hydroxylation sites is 1. The Hall–Kier alpha value is -2.27. The largest absolute Gasteiger partial charge is 0.467 e. The fourth-order valence-electron chi connectivity index (χ4n) is 2.91. The Balaban J connectivity index is 2.56. The highest BCUT2D eigenvalue weighted by Gasteiger charge is 2.52. The molecule has 0 bridgehead atoms. The molecule has 0 aromatic heterocycles. The Labute approximate surface area is 151 Å². The van der Waals surface area contributed by atoms with Gasteiger partial charge in [0.25, 0.3) is 11.8 Å². The highest BCUT2D eigenvalue weighted by Crippen LogP contribution is 2.39. The number of halogens is 3. The number of hydrogen-bond acceptors (Lipinski definition) is 3. The minimum Gasteiger partial charge on any atom is -0.467 e. The highest BCUT2D eigenvalue weighted by molar-refractivity contribution is 6.87. The molecule has 1 aliphatic heterocycles. The van der Waals surface area contributed by atoms with Gasteiger partial charge in [0.05, 0.1) is 10.5 Å². The van der Waals surface area contributed by atoms with E-state index in [-0.39, 0.29) is 11.3 Å². The first-order valence-electron chi connectivity index (χ1n) is 8.43. The number of nitro groups is 1. The molecule has 0 aliphatic carbocycles. The van der Waals surface area contributed by atoms with Gasteiger partial charge in [-0.1, -0.05) is 38.8 Å². The monoisotopic (exact) mass is 383 g/mol. The van der Waals surface area contributed by atoms with Crippen molar-refractivity contribution in [3.8, 4) is 17.2 Å². The van der Waals surface area contributed by atoms with Gasteiger partial charge in [0.1, 0.15) is 13.8 Å². The van der Waals surface area contributed by atoms with Crippen molar-refractivity contribution in [2.75, 3.05) is 0 Å². The molecule has 0 radical (unpaired) electrons. The van der Waals surface area contributed by atoms with Crippen molar-refractivity contribution in [2.24, 2.45) is 0 Å². The third-order valence-corrected chi connectivity index (χ3v) is 9.57. The molecule has 1 heterocycles. The van der Waals surface area contributed by atoms with Gasteiger partial charge in [0.2, 0.25) is 0 Å². The number of fused-ring (bicyclic) bond motifs is 1. The van der Waals surface area contributed by atoms with E-state index in [0.717, 1.165) is 24.2 Å². The molecule has 1 aliphatic rings. The van der Waals surface area contributed by atoms with Crippen LogP contribution in [0.2, 0.25) is 18.1 Å². The number of nitrogens with zero attached hydrogens (tertiary/aromatic N) is 1. The molecule has 1 aromatic carbocycles. The summed E-state index contributed by atoms with van der Waals surface area (Å²) in [7, 11) is -1.79. The summed E-state index contributed by atoms with van der Waals surface area (Å²) in [6.07, 6.45) is -6.56. The third kappa shape index (κ3) is 3.93. The molecule has 1 atom stereocenters. The molecule has 0 fully saturated rings. The molecule has 1 aromatic rings. The quantitative estimate of drug-likeness (QED) is 0.317. The van der Waals surface area contributed by atoms with Crippen molar-refractivity contribution in [3.63, 3.8) is 0 Å². The first-order valence-corrected chi connectivity index (χ1v) is 11.0. The number of rotatable bonds is 4. The second kappa shape index (κ2) is 7.54. The summed E-state index contributed by atoms with van der Waals surface area (Å²) in [5.41, 5.74) is 2.86. The van der Waals surface area contributed by atoms with Crippen molar-refractivity contribution in [3.05, 3.63) is 45.1 Å². The van der Waals surface area contributed by atoms with Gasteiger partial charge < -0.3 is 4.74 Å². The first kappa shape index (κ1) is 20.0. The van der Waals surface area contributed by atoms with E-state index in [0.29, 0.717) is 5.56 Å². The molecule has 0 amide bonds. The lowest BCUT2D eigenvalue weighted by Crippen LogP contribution is -2.40. The summed E-state index contributed by atoms with van der Waals surface area (Å²) in [5.74, 6) is 2.96. The molecule has 4 nitrogen and oxygen atoms in total. The summed E-state index contributed by atoms with van der Waals surface area (Å²) in [4.78, 5) is 9.96. The molecule has 0 saturated carbocycles. The standard InChI is InChI=1S/C18H20F3NO3Si/c1-4-26(5-2,6-3)11-10-13-8-7-9-14-12-15(22(23)24)17(18(19,20)21)25-16(13)14/h7-9,12,17H,4-6H2,1-3H3. The molecular weight excluding hydrogens is 363 g/mol. The molecule has 26 heavy (non-hydrogen) atoms. The van der Waals surface area contributed by atoms with Gasteiger partial charge in [-0.25, -0.2) is 0 Å². The predicted octanol–water partition coefficient (Wildman–Crippen LogP) is 5.03. The third-order valence-electron chi connectivity index (χ3n) is 4.85. The zero-order valence-electron chi connectivity index (χ0n) is 14.8. The second-order valence-corrected chi connectivity index (χ2v) is 11.1. The van der Waals surface area contributed by atoms with Gasteiger partial charge in [-0.05, 0) is 24.2 Å². The molecule has 140 valence electrons. The minimum atomic E-state index is -4.88. The molecular formula is C18H20F3NO3Si. The van der Waals surface area contributed by atoms with Crippen LogP contribution < -0.4 is 4.74 Å².